The Labute approximate surface area is 219 Å². The minimum atomic E-state index is -4.14. The van der Waals surface area contributed by atoms with Crippen molar-refractivity contribution in [2.24, 2.45) is 0 Å². The predicted molar refractivity (Wildman–Crippen MR) is 138 cm³/mol. The number of carboxylic acid groups (broad SMARTS) is 1. The maximum Gasteiger partial charge on any atom is 0.344 e. The molecule has 0 aliphatic rings. The van der Waals surface area contributed by atoms with Crippen LogP contribution < -0.4 is 14.4 Å². The zero-order chi connectivity index (χ0) is 26.5. The van der Waals surface area contributed by atoms with Gasteiger partial charge in [-0.3, -0.25) is 9.10 Å². The maximum atomic E-state index is 13.5. The quantitative estimate of drug-likeness (QED) is 0.379. The number of aliphatic carboxylic acids is 1. The summed E-state index contributed by atoms with van der Waals surface area (Å²) in [6, 6.07) is 17.1. The second-order valence-electron chi connectivity index (χ2n) is 7.87. The van der Waals surface area contributed by atoms with Gasteiger partial charge in [-0.25, -0.2) is 13.2 Å². The highest BCUT2D eigenvalue weighted by molar-refractivity contribution is 7.92. The van der Waals surface area contributed by atoms with E-state index in [9.17, 15) is 18.0 Å². The summed E-state index contributed by atoms with van der Waals surface area (Å²) < 4.78 is 33.4. The molecule has 3 aromatic rings. The highest BCUT2D eigenvalue weighted by atomic mass is 35.5. The molecule has 1 atom stereocenters. The number of carboxylic acids is 1. The van der Waals surface area contributed by atoms with Crippen LogP contribution in [0.25, 0.3) is 0 Å². The zero-order valence-corrected chi connectivity index (χ0v) is 21.8. The molecule has 0 heterocycles. The molecule has 1 amide bonds. The van der Waals surface area contributed by atoms with Gasteiger partial charge >= 0.3 is 5.97 Å². The van der Waals surface area contributed by atoms with E-state index in [2.05, 4.69) is 5.32 Å². The van der Waals surface area contributed by atoms with Crippen LogP contribution in [-0.2, 0) is 26.2 Å². The van der Waals surface area contributed by atoms with Crippen molar-refractivity contribution in [3.8, 4) is 5.75 Å². The molecular weight excluding hydrogens is 527 g/mol. The van der Waals surface area contributed by atoms with Gasteiger partial charge < -0.3 is 15.2 Å². The van der Waals surface area contributed by atoms with Crippen LogP contribution >= 0.6 is 23.2 Å². The highest BCUT2D eigenvalue weighted by Crippen LogP contribution is 2.31. The Morgan fingerprint density at radius 3 is 2.39 bits per heavy atom. The van der Waals surface area contributed by atoms with Crippen LogP contribution in [-0.4, -0.2) is 38.0 Å². The van der Waals surface area contributed by atoms with Crippen molar-refractivity contribution in [2.45, 2.75) is 31.4 Å². The second-order valence-corrected chi connectivity index (χ2v) is 10.6. The van der Waals surface area contributed by atoms with Crippen LogP contribution in [0.1, 0.15) is 18.1 Å². The lowest BCUT2D eigenvalue weighted by atomic mass is 10.2. The summed E-state index contributed by atoms with van der Waals surface area (Å²) >= 11 is 12.1. The van der Waals surface area contributed by atoms with Gasteiger partial charge in [-0.2, -0.15) is 0 Å². The molecule has 0 spiro atoms. The molecule has 0 saturated carbocycles. The van der Waals surface area contributed by atoms with E-state index in [1.807, 2.05) is 0 Å². The first-order valence-corrected chi connectivity index (χ1v) is 13.0. The van der Waals surface area contributed by atoms with Crippen molar-refractivity contribution in [3.63, 3.8) is 0 Å². The molecule has 0 unspecified atom stereocenters. The van der Waals surface area contributed by atoms with Gasteiger partial charge in [-0.1, -0.05) is 41.4 Å². The molecule has 0 saturated heterocycles. The monoisotopic (exact) mass is 550 g/mol. The third-order valence-corrected chi connectivity index (χ3v) is 7.68. The first-order valence-electron chi connectivity index (χ1n) is 10.8. The number of carbonyl (C=O) groups is 2. The molecule has 0 bridgehead atoms. The summed E-state index contributed by atoms with van der Waals surface area (Å²) in [4.78, 5) is 23.9. The average Bonchev–Trinajstić information content (AvgIpc) is 2.83. The van der Waals surface area contributed by atoms with Gasteiger partial charge in [0.15, 0.2) is 6.10 Å². The van der Waals surface area contributed by atoms with Crippen LogP contribution in [0, 0.1) is 6.92 Å². The maximum absolute atomic E-state index is 13.5. The number of halogens is 2. The molecule has 0 aromatic heterocycles. The van der Waals surface area contributed by atoms with E-state index in [1.54, 1.807) is 49.4 Å². The number of amides is 1. The second kappa shape index (κ2) is 11.6. The number of anilines is 1. The van der Waals surface area contributed by atoms with Crippen LogP contribution in [0.5, 0.6) is 5.75 Å². The zero-order valence-electron chi connectivity index (χ0n) is 19.4. The molecule has 0 aliphatic carbocycles. The number of ether oxygens (including phenoxy) is 1. The molecular formula is C25H24Cl2N2O6S. The summed E-state index contributed by atoms with van der Waals surface area (Å²) in [5, 5.41) is 12.4. The van der Waals surface area contributed by atoms with E-state index < -0.39 is 34.5 Å². The van der Waals surface area contributed by atoms with E-state index in [4.69, 9.17) is 33.0 Å². The van der Waals surface area contributed by atoms with Crippen LogP contribution in [0.4, 0.5) is 5.69 Å². The fourth-order valence-corrected chi connectivity index (χ4v) is 5.04. The van der Waals surface area contributed by atoms with E-state index in [-0.39, 0.29) is 17.1 Å². The number of nitrogens with zero attached hydrogens (tertiary/aromatic N) is 1. The average molecular weight is 551 g/mol. The molecule has 190 valence electrons. The van der Waals surface area contributed by atoms with Gasteiger partial charge in [0, 0.05) is 16.6 Å². The van der Waals surface area contributed by atoms with Crippen molar-refractivity contribution < 1.29 is 27.9 Å². The smallest absolute Gasteiger partial charge is 0.344 e. The summed E-state index contributed by atoms with van der Waals surface area (Å²) in [6.07, 6.45) is -1.04. The summed E-state index contributed by atoms with van der Waals surface area (Å²) in [5.41, 5.74) is 1.41. The lowest BCUT2D eigenvalue weighted by Crippen LogP contribution is -2.41. The van der Waals surface area contributed by atoms with E-state index in [1.165, 1.54) is 31.2 Å². The third-order valence-electron chi connectivity index (χ3n) is 5.25. The predicted octanol–water partition coefficient (Wildman–Crippen LogP) is 4.67. The minimum Gasteiger partial charge on any atom is -0.479 e. The molecule has 8 nitrogen and oxygen atoms in total. The number of carbonyl (C=O) groups excluding carboxylic acids is 1. The van der Waals surface area contributed by atoms with Gasteiger partial charge in [0.2, 0.25) is 5.91 Å². The lowest BCUT2D eigenvalue weighted by molar-refractivity contribution is -0.144. The van der Waals surface area contributed by atoms with Gasteiger partial charge in [-0.15, -0.1) is 0 Å². The molecule has 0 radical (unpaired) electrons. The fourth-order valence-electron chi connectivity index (χ4n) is 3.27. The Kier molecular flexibility index (Phi) is 8.84. The van der Waals surface area contributed by atoms with Gasteiger partial charge in [0.25, 0.3) is 10.0 Å². The topological polar surface area (TPSA) is 113 Å². The Bertz CT molecular complexity index is 1360. The van der Waals surface area contributed by atoms with Crippen molar-refractivity contribution >= 4 is 50.8 Å². The van der Waals surface area contributed by atoms with Crippen LogP contribution in [0.15, 0.2) is 71.6 Å². The standard InChI is InChI=1S/C25H24Cl2N2O6S/c1-16-22(27)7-4-8-23(16)29(36(33,34)21-11-9-19(26)10-12-21)15-24(30)28-14-18-5-3-6-20(13-18)35-17(2)25(31)32/h3-13,17H,14-15H2,1-2H3,(H,28,30)(H,31,32)/t17-/m1/s1. The first-order chi connectivity index (χ1) is 17.0. The number of sulfonamides is 1. The van der Waals surface area contributed by atoms with Crippen LogP contribution in [0.3, 0.4) is 0 Å². The number of benzene rings is 3. The van der Waals surface area contributed by atoms with E-state index >= 15 is 0 Å². The van der Waals surface area contributed by atoms with E-state index in [0.29, 0.717) is 26.9 Å². The normalized spacial score (nSPS) is 12.0. The molecule has 3 rings (SSSR count). The number of rotatable bonds is 10. The lowest BCUT2D eigenvalue weighted by Gasteiger charge is -2.26. The van der Waals surface area contributed by atoms with Crippen molar-refractivity contribution in [1.29, 1.82) is 0 Å². The highest BCUT2D eigenvalue weighted by Gasteiger charge is 2.28. The Hall–Kier alpha value is -3.27. The van der Waals surface area contributed by atoms with Gasteiger partial charge in [-0.05, 0) is 73.5 Å². The van der Waals surface area contributed by atoms with Crippen molar-refractivity contribution in [2.75, 3.05) is 10.8 Å². The van der Waals surface area contributed by atoms with Crippen LogP contribution in [0.2, 0.25) is 10.0 Å². The van der Waals surface area contributed by atoms with E-state index in [0.717, 1.165) is 4.31 Å². The summed E-state index contributed by atoms with van der Waals surface area (Å²) in [5.74, 6) is -1.33. The SMILES string of the molecule is Cc1c(Cl)cccc1N(CC(=O)NCc1cccc(O[C@H](C)C(=O)O)c1)S(=O)(=O)c1ccc(Cl)cc1. The molecule has 0 fully saturated rings. The number of hydrogen-bond donors (Lipinski definition) is 2. The van der Waals surface area contributed by atoms with Gasteiger partial charge in [0.05, 0.1) is 10.6 Å². The Balaban J connectivity index is 1.82. The van der Waals surface area contributed by atoms with Gasteiger partial charge in [0.1, 0.15) is 12.3 Å². The Morgan fingerprint density at radius 2 is 1.72 bits per heavy atom. The first kappa shape index (κ1) is 27.3. The fraction of sp³-hybridized carbons (Fsp3) is 0.200. The molecule has 11 heteroatoms. The summed E-state index contributed by atoms with van der Waals surface area (Å²) in [7, 11) is -4.14. The largest absolute Gasteiger partial charge is 0.479 e. The Morgan fingerprint density at radius 1 is 1.06 bits per heavy atom. The molecule has 36 heavy (non-hydrogen) atoms. The molecule has 3 aromatic carbocycles. The third kappa shape index (κ3) is 6.69. The molecule has 2 N–H and O–H groups in total. The minimum absolute atomic E-state index is 0.0310. The van der Waals surface area contributed by atoms with Crippen molar-refractivity contribution in [3.05, 3.63) is 87.9 Å². The number of nitrogens with one attached hydrogen (secondary N) is 1. The number of hydrogen-bond acceptors (Lipinski definition) is 5. The summed E-state index contributed by atoms with van der Waals surface area (Å²) in [6.45, 7) is 2.65. The molecule has 0 aliphatic heterocycles. The van der Waals surface area contributed by atoms with Crippen molar-refractivity contribution in [1.82, 2.24) is 5.32 Å².